The summed E-state index contributed by atoms with van der Waals surface area (Å²) < 4.78 is 42.2. The van der Waals surface area contributed by atoms with Crippen molar-refractivity contribution >= 4 is 17.7 Å². The Balaban J connectivity index is 2.40. The summed E-state index contributed by atoms with van der Waals surface area (Å²) in [6.45, 7) is -0.468. The van der Waals surface area contributed by atoms with Crippen molar-refractivity contribution in [3.63, 3.8) is 0 Å². The molecular formula is C10H7F3N2O4. The van der Waals surface area contributed by atoms with Gasteiger partial charge >= 0.3 is 18.1 Å². The molecule has 1 amide bonds. The number of carboxylic acid groups (broad SMARTS) is 1. The molecule has 0 saturated carbocycles. The molecule has 0 aromatic carbocycles. The van der Waals surface area contributed by atoms with Crippen LogP contribution in [0.1, 0.15) is 10.4 Å². The average molecular weight is 276 g/mol. The van der Waals surface area contributed by atoms with E-state index >= 15 is 0 Å². The van der Waals surface area contributed by atoms with Gasteiger partial charge < -0.3 is 9.84 Å². The summed E-state index contributed by atoms with van der Waals surface area (Å²) in [5.74, 6) is -3.85. The van der Waals surface area contributed by atoms with Gasteiger partial charge in [0, 0.05) is 12.3 Å². The van der Waals surface area contributed by atoms with Crippen LogP contribution < -0.4 is 9.64 Å². The smallest absolute Gasteiger partial charge is 0.471 e. The molecule has 0 radical (unpaired) electrons. The van der Waals surface area contributed by atoms with Crippen LogP contribution in [0.2, 0.25) is 0 Å². The van der Waals surface area contributed by atoms with Gasteiger partial charge in [0.2, 0.25) is 0 Å². The summed E-state index contributed by atoms with van der Waals surface area (Å²) in [6, 6.07) is 1.03. The second-order valence-corrected chi connectivity index (χ2v) is 3.65. The lowest BCUT2D eigenvalue weighted by molar-refractivity contribution is -0.170. The Labute approximate surface area is 104 Å². The monoisotopic (exact) mass is 276 g/mol. The number of fused-ring (bicyclic) bond motifs is 1. The van der Waals surface area contributed by atoms with Gasteiger partial charge in [-0.05, 0) is 0 Å². The Bertz CT molecular complexity index is 544. The number of aromatic nitrogens is 1. The third-order valence-corrected chi connectivity index (χ3v) is 2.40. The highest BCUT2D eigenvalue weighted by Crippen LogP contribution is 2.32. The fraction of sp³-hybridized carbons (Fsp3) is 0.300. The number of ether oxygens (including phenoxy) is 1. The molecule has 2 heterocycles. The molecule has 2 rings (SSSR count). The number of nitrogens with zero attached hydrogens (tertiary/aromatic N) is 2. The first-order chi connectivity index (χ1) is 8.80. The zero-order valence-corrected chi connectivity index (χ0v) is 9.27. The quantitative estimate of drug-likeness (QED) is 0.829. The van der Waals surface area contributed by atoms with Gasteiger partial charge in [0.05, 0.1) is 12.1 Å². The Morgan fingerprint density at radius 3 is 2.68 bits per heavy atom. The van der Waals surface area contributed by atoms with Crippen LogP contribution in [0.5, 0.6) is 5.75 Å². The fourth-order valence-corrected chi connectivity index (χ4v) is 1.57. The molecular weight excluding hydrogens is 269 g/mol. The van der Waals surface area contributed by atoms with Crippen molar-refractivity contribution in [3.05, 3.63) is 17.8 Å². The van der Waals surface area contributed by atoms with Crippen LogP contribution in [0.15, 0.2) is 12.3 Å². The molecule has 19 heavy (non-hydrogen) atoms. The maximum absolute atomic E-state index is 12.4. The predicted molar refractivity (Wildman–Crippen MR) is 55.1 cm³/mol. The van der Waals surface area contributed by atoms with Crippen molar-refractivity contribution in [2.24, 2.45) is 0 Å². The van der Waals surface area contributed by atoms with Crippen LogP contribution in [-0.2, 0) is 4.79 Å². The van der Waals surface area contributed by atoms with Gasteiger partial charge in [-0.3, -0.25) is 9.69 Å². The lowest BCUT2D eigenvalue weighted by Crippen LogP contribution is -2.45. The Morgan fingerprint density at radius 1 is 1.42 bits per heavy atom. The van der Waals surface area contributed by atoms with Crippen molar-refractivity contribution in [2.75, 3.05) is 18.1 Å². The first-order valence-corrected chi connectivity index (χ1v) is 5.05. The Kier molecular flexibility index (Phi) is 3.05. The van der Waals surface area contributed by atoms with E-state index in [1.807, 2.05) is 0 Å². The van der Waals surface area contributed by atoms with Crippen LogP contribution in [0.4, 0.5) is 19.0 Å². The number of hydrogen-bond acceptors (Lipinski definition) is 4. The highest BCUT2D eigenvalue weighted by molar-refractivity contribution is 5.98. The molecule has 0 bridgehead atoms. The highest BCUT2D eigenvalue weighted by Gasteiger charge is 2.45. The molecule has 1 N–H and O–H groups in total. The summed E-state index contributed by atoms with van der Waals surface area (Å²) >= 11 is 0. The second-order valence-electron chi connectivity index (χ2n) is 3.65. The van der Waals surface area contributed by atoms with Crippen molar-refractivity contribution in [1.82, 2.24) is 4.98 Å². The number of carbonyl (C=O) groups is 2. The van der Waals surface area contributed by atoms with Gasteiger partial charge in [-0.2, -0.15) is 13.2 Å². The number of anilines is 1. The molecule has 9 heteroatoms. The number of pyridine rings is 1. The summed E-state index contributed by atoms with van der Waals surface area (Å²) in [5.41, 5.74) is -0.236. The SMILES string of the molecule is O=C(O)c1cnc2c(c1)OCCN2C(=O)C(F)(F)F. The van der Waals surface area contributed by atoms with Gasteiger partial charge in [0.1, 0.15) is 6.61 Å². The van der Waals surface area contributed by atoms with E-state index < -0.39 is 18.1 Å². The summed E-state index contributed by atoms with van der Waals surface area (Å²) in [4.78, 5) is 25.9. The van der Waals surface area contributed by atoms with Crippen LogP contribution in [0.3, 0.4) is 0 Å². The predicted octanol–water partition coefficient (Wildman–Crippen LogP) is 1.07. The fourth-order valence-electron chi connectivity index (χ4n) is 1.57. The molecule has 0 aliphatic carbocycles. The maximum Gasteiger partial charge on any atom is 0.471 e. The van der Waals surface area contributed by atoms with E-state index in [1.165, 1.54) is 0 Å². The maximum atomic E-state index is 12.4. The van der Waals surface area contributed by atoms with E-state index in [0.29, 0.717) is 4.90 Å². The number of amides is 1. The molecule has 1 aliphatic rings. The molecule has 0 unspecified atom stereocenters. The molecule has 6 nitrogen and oxygen atoms in total. The largest absolute Gasteiger partial charge is 0.488 e. The van der Waals surface area contributed by atoms with Gasteiger partial charge in [0.25, 0.3) is 0 Å². The standard InChI is InChI=1S/C10H7F3N2O4/c11-10(12,13)9(18)15-1-2-19-6-3-5(8(16)17)4-14-7(6)15/h3-4H,1-2H2,(H,16,17). The Morgan fingerprint density at radius 2 is 2.11 bits per heavy atom. The van der Waals surface area contributed by atoms with Crippen LogP contribution in [0, 0.1) is 0 Å². The van der Waals surface area contributed by atoms with E-state index in [1.54, 1.807) is 0 Å². The molecule has 1 aromatic heterocycles. The van der Waals surface area contributed by atoms with Gasteiger partial charge in [0.15, 0.2) is 11.6 Å². The lowest BCUT2D eigenvalue weighted by Gasteiger charge is -2.28. The van der Waals surface area contributed by atoms with E-state index in [0.717, 1.165) is 12.3 Å². The number of hydrogen-bond donors (Lipinski definition) is 1. The Hall–Kier alpha value is -2.32. The van der Waals surface area contributed by atoms with Crippen molar-refractivity contribution in [1.29, 1.82) is 0 Å². The molecule has 0 spiro atoms. The zero-order valence-electron chi connectivity index (χ0n) is 9.27. The molecule has 0 atom stereocenters. The number of rotatable bonds is 1. The number of carbonyl (C=O) groups excluding carboxylic acids is 1. The normalized spacial score (nSPS) is 14.6. The van der Waals surface area contributed by atoms with E-state index in [2.05, 4.69) is 4.98 Å². The first-order valence-electron chi connectivity index (χ1n) is 5.05. The van der Waals surface area contributed by atoms with E-state index in [4.69, 9.17) is 9.84 Å². The highest BCUT2D eigenvalue weighted by atomic mass is 19.4. The van der Waals surface area contributed by atoms with Gasteiger partial charge in [-0.1, -0.05) is 0 Å². The molecule has 1 aliphatic heterocycles. The van der Waals surface area contributed by atoms with Gasteiger partial charge in [-0.25, -0.2) is 9.78 Å². The molecule has 0 fully saturated rings. The molecule has 0 saturated heterocycles. The third kappa shape index (κ3) is 2.44. The topological polar surface area (TPSA) is 79.7 Å². The van der Waals surface area contributed by atoms with Crippen molar-refractivity contribution in [2.45, 2.75) is 6.18 Å². The van der Waals surface area contributed by atoms with Gasteiger partial charge in [-0.15, -0.1) is 0 Å². The third-order valence-electron chi connectivity index (χ3n) is 2.40. The summed E-state index contributed by atoms with van der Waals surface area (Å²) in [6.07, 6.45) is -4.16. The number of carboxylic acids is 1. The van der Waals surface area contributed by atoms with Crippen LogP contribution in [0.25, 0.3) is 0 Å². The minimum Gasteiger partial charge on any atom is -0.488 e. The van der Waals surface area contributed by atoms with Crippen molar-refractivity contribution in [3.8, 4) is 5.75 Å². The zero-order chi connectivity index (χ0) is 14.2. The van der Waals surface area contributed by atoms with Crippen LogP contribution in [-0.4, -0.2) is 41.3 Å². The van der Waals surface area contributed by atoms with Crippen LogP contribution >= 0.6 is 0 Å². The summed E-state index contributed by atoms with van der Waals surface area (Å²) in [7, 11) is 0. The lowest BCUT2D eigenvalue weighted by atomic mass is 10.2. The number of halogens is 3. The van der Waals surface area contributed by atoms with E-state index in [-0.39, 0.29) is 30.3 Å². The minimum atomic E-state index is -5.03. The molecule has 102 valence electrons. The second kappa shape index (κ2) is 4.41. The number of aromatic carboxylic acids is 1. The van der Waals surface area contributed by atoms with Crippen molar-refractivity contribution < 1.29 is 32.6 Å². The molecule has 1 aromatic rings. The van der Waals surface area contributed by atoms with E-state index in [9.17, 15) is 22.8 Å². The average Bonchev–Trinajstić information content (AvgIpc) is 2.35. The minimum absolute atomic E-state index is 0.163. The summed E-state index contributed by atoms with van der Waals surface area (Å²) in [5, 5.41) is 8.73. The number of alkyl halides is 3. The first kappa shape index (κ1) is 13.1.